The van der Waals surface area contributed by atoms with E-state index in [0.717, 1.165) is 17.7 Å². The largest absolute Gasteiger partial charge is 0.490 e. The van der Waals surface area contributed by atoms with Crippen molar-refractivity contribution in [2.45, 2.75) is 19.4 Å². The average molecular weight is 315 g/mol. The van der Waals surface area contributed by atoms with Crippen molar-refractivity contribution in [1.29, 1.82) is 0 Å². The molecule has 2 aromatic carbocycles. The van der Waals surface area contributed by atoms with Crippen LogP contribution >= 0.6 is 11.6 Å². The Hall–Kier alpha value is -2.33. The molecule has 1 heterocycles. The summed E-state index contributed by atoms with van der Waals surface area (Å²) in [6.07, 6.45) is 2.73. The lowest BCUT2D eigenvalue weighted by atomic mass is 10.1. The third-order valence-corrected chi connectivity index (χ3v) is 3.66. The number of amides is 1. The fraction of sp³-hybridized carbons (Fsp3) is 0.176. The minimum atomic E-state index is -0.272. The molecule has 0 aromatic heterocycles. The first-order valence-electron chi connectivity index (χ1n) is 7.00. The van der Waals surface area contributed by atoms with E-state index in [1.54, 1.807) is 30.5 Å². The third-order valence-electron chi connectivity index (χ3n) is 3.41. The van der Waals surface area contributed by atoms with Gasteiger partial charge in [0.25, 0.3) is 5.91 Å². The molecule has 0 bridgehead atoms. The van der Waals surface area contributed by atoms with Crippen LogP contribution in [-0.4, -0.2) is 18.2 Å². The number of ether oxygens (including phenoxy) is 1. The Kier molecular flexibility index (Phi) is 4.11. The van der Waals surface area contributed by atoms with Gasteiger partial charge in [0.05, 0.1) is 6.21 Å². The Morgan fingerprint density at radius 1 is 1.32 bits per heavy atom. The van der Waals surface area contributed by atoms with Gasteiger partial charge in [-0.1, -0.05) is 11.6 Å². The van der Waals surface area contributed by atoms with Gasteiger partial charge in [0.15, 0.2) is 0 Å². The fourth-order valence-corrected chi connectivity index (χ4v) is 2.48. The number of halogens is 1. The van der Waals surface area contributed by atoms with E-state index in [9.17, 15) is 4.79 Å². The molecule has 5 heteroatoms. The molecule has 1 amide bonds. The van der Waals surface area contributed by atoms with Crippen molar-refractivity contribution < 1.29 is 9.53 Å². The maximum Gasteiger partial charge on any atom is 0.271 e. The number of hydrogen-bond donors (Lipinski definition) is 1. The Bertz CT molecular complexity index is 726. The Balaban J connectivity index is 1.64. The number of carbonyl (C=O) groups is 1. The second-order valence-electron chi connectivity index (χ2n) is 5.21. The van der Waals surface area contributed by atoms with Crippen molar-refractivity contribution in [3.8, 4) is 5.75 Å². The van der Waals surface area contributed by atoms with Crippen LogP contribution in [0.1, 0.15) is 28.4 Å². The normalized spacial score (nSPS) is 16.4. The van der Waals surface area contributed by atoms with Crippen molar-refractivity contribution in [2.24, 2.45) is 5.10 Å². The Morgan fingerprint density at radius 2 is 2.09 bits per heavy atom. The summed E-state index contributed by atoms with van der Waals surface area (Å²) >= 11 is 5.79. The molecule has 3 rings (SSSR count). The summed E-state index contributed by atoms with van der Waals surface area (Å²) in [4.78, 5) is 11.9. The smallest absolute Gasteiger partial charge is 0.271 e. The Labute approximate surface area is 133 Å². The molecule has 22 heavy (non-hydrogen) atoms. The number of fused-ring (bicyclic) bond motifs is 1. The van der Waals surface area contributed by atoms with Crippen LogP contribution in [0.2, 0.25) is 5.02 Å². The molecular weight excluding hydrogens is 300 g/mol. The number of carbonyl (C=O) groups excluding carboxylic acids is 1. The van der Waals surface area contributed by atoms with Gasteiger partial charge in [-0.15, -0.1) is 0 Å². The summed E-state index contributed by atoms with van der Waals surface area (Å²) in [6, 6.07) is 12.5. The molecule has 1 aliphatic heterocycles. The summed E-state index contributed by atoms with van der Waals surface area (Å²) in [5.74, 6) is 0.654. The van der Waals surface area contributed by atoms with Crippen molar-refractivity contribution in [3.63, 3.8) is 0 Å². The predicted octanol–water partition coefficient (Wildman–Crippen LogP) is 3.43. The molecule has 1 aliphatic rings. The standard InChI is InChI=1S/C17H15ClN2O2/c1-11-8-14-9-12(2-7-16(14)22-11)10-19-20-17(21)13-3-5-15(18)6-4-13/h2-7,9-11H,8H2,1H3,(H,20,21)/b19-10+/t11-/m0/s1. The van der Waals surface area contributed by atoms with Gasteiger partial charge in [-0.25, -0.2) is 5.43 Å². The number of benzene rings is 2. The summed E-state index contributed by atoms with van der Waals surface area (Å²) in [6.45, 7) is 2.04. The van der Waals surface area contributed by atoms with Crippen molar-refractivity contribution in [1.82, 2.24) is 5.43 Å². The molecule has 0 saturated carbocycles. The number of hydrogen-bond acceptors (Lipinski definition) is 3. The highest BCUT2D eigenvalue weighted by Crippen LogP contribution is 2.28. The first-order chi connectivity index (χ1) is 10.6. The summed E-state index contributed by atoms with van der Waals surface area (Å²) in [5.41, 5.74) is 5.10. The lowest BCUT2D eigenvalue weighted by Gasteiger charge is -2.02. The summed E-state index contributed by atoms with van der Waals surface area (Å²) in [7, 11) is 0. The lowest BCUT2D eigenvalue weighted by Crippen LogP contribution is -2.17. The van der Waals surface area contributed by atoms with Crippen LogP contribution in [0.4, 0.5) is 0 Å². The van der Waals surface area contributed by atoms with E-state index in [2.05, 4.69) is 10.5 Å². The number of rotatable bonds is 3. The van der Waals surface area contributed by atoms with Gasteiger partial charge in [-0.05, 0) is 60.5 Å². The van der Waals surface area contributed by atoms with Crippen LogP contribution < -0.4 is 10.2 Å². The number of nitrogens with zero attached hydrogens (tertiary/aromatic N) is 1. The van der Waals surface area contributed by atoms with E-state index in [-0.39, 0.29) is 12.0 Å². The molecular formula is C17H15ClN2O2. The SMILES string of the molecule is C[C@H]1Cc2cc(/C=N/NC(=O)c3ccc(Cl)cc3)ccc2O1. The zero-order chi connectivity index (χ0) is 15.5. The van der Waals surface area contributed by atoms with Crippen molar-refractivity contribution in [2.75, 3.05) is 0 Å². The lowest BCUT2D eigenvalue weighted by molar-refractivity contribution is 0.0955. The van der Waals surface area contributed by atoms with Crippen LogP contribution in [0.15, 0.2) is 47.6 Å². The predicted molar refractivity (Wildman–Crippen MR) is 86.7 cm³/mol. The molecule has 4 nitrogen and oxygen atoms in total. The fourth-order valence-electron chi connectivity index (χ4n) is 2.35. The number of hydrazone groups is 1. The summed E-state index contributed by atoms with van der Waals surface area (Å²) in [5, 5.41) is 4.58. The molecule has 0 spiro atoms. The molecule has 1 atom stereocenters. The van der Waals surface area contributed by atoms with Gasteiger partial charge in [0.1, 0.15) is 11.9 Å². The van der Waals surface area contributed by atoms with E-state index < -0.39 is 0 Å². The minimum absolute atomic E-state index is 0.215. The monoisotopic (exact) mass is 314 g/mol. The zero-order valence-corrected chi connectivity index (χ0v) is 12.8. The molecule has 0 aliphatic carbocycles. The van der Waals surface area contributed by atoms with E-state index in [0.29, 0.717) is 10.6 Å². The van der Waals surface area contributed by atoms with E-state index in [1.807, 2.05) is 25.1 Å². The van der Waals surface area contributed by atoms with Crippen LogP contribution in [0.3, 0.4) is 0 Å². The van der Waals surface area contributed by atoms with E-state index in [1.165, 1.54) is 5.56 Å². The Morgan fingerprint density at radius 3 is 2.86 bits per heavy atom. The topological polar surface area (TPSA) is 50.7 Å². The highest BCUT2D eigenvalue weighted by molar-refractivity contribution is 6.30. The van der Waals surface area contributed by atoms with Crippen LogP contribution in [-0.2, 0) is 6.42 Å². The van der Waals surface area contributed by atoms with Crippen LogP contribution in [0.25, 0.3) is 0 Å². The van der Waals surface area contributed by atoms with Gasteiger partial charge >= 0.3 is 0 Å². The molecule has 0 unspecified atom stereocenters. The second kappa shape index (κ2) is 6.20. The van der Waals surface area contributed by atoms with Gasteiger partial charge in [-0.3, -0.25) is 4.79 Å². The van der Waals surface area contributed by atoms with E-state index in [4.69, 9.17) is 16.3 Å². The third kappa shape index (κ3) is 3.28. The molecule has 0 saturated heterocycles. The van der Waals surface area contributed by atoms with Crippen molar-refractivity contribution >= 4 is 23.7 Å². The maximum absolute atomic E-state index is 11.9. The molecule has 0 radical (unpaired) electrons. The molecule has 2 aromatic rings. The molecule has 0 fully saturated rings. The van der Waals surface area contributed by atoms with E-state index >= 15 is 0 Å². The highest BCUT2D eigenvalue weighted by Gasteiger charge is 2.18. The summed E-state index contributed by atoms with van der Waals surface area (Å²) < 4.78 is 5.65. The maximum atomic E-state index is 11.9. The second-order valence-corrected chi connectivity index (χ2v) is 5.64. The molecule has 1 N–H and O–H groups in total. The van der Waals surface area contributed by atoms with Gasteiger partial charge in [0.2, 0.25) is 0 Å². The first kappa shape index (κ1) is 14.6. The highest BCUT2D eigenvalue weighted by atomic mass is 35.5. The van der Waals surface area contributed by atoms with Crippen LogP contribution in [0, 0.1) is 0 Å². The molecule has 112 valence electrons. The quantitative estimate of drug-likeness (QED) is 0.697. The van der Waals surface area contributed by atoms with Gasteiger partial charge in [-0.2, -0.15) is 5.10 Å². The number of nitrogens with one attached hydrogen (secondary N) is 1. The van der Waals surface area contributed by atoms with Crippen molar-refractivity contribution in [3.05, 3.63) is 64.2 Å². The van der Waals surface area contributed by atoms with Gasteiger partial charge < -0.3 is 4.74 Å². The first-order valence-corrected chi connectivity index (χ1v) is 7.38. The van der Waals surface area contributed by atoms with Gasteiger partial charge in [0, 0.05) is 17.0 Å². The van der Waals surface area contributed by atoms with Crippen LogP contribution in [0.5, 0.6) is 5.75 Å². The average Bonchev–Trinajstić information content (AvgIpc) is 2.87. The minimum Gasteiger partial charge on any atom is -0.490 e. The zero-order valence-electron chi connectivity index (χ0n) is 12.0.